The fraction of sp³-hybridized carbons (Fsp3) is 0.600. The molecule has 1 aromatic carbocycles. The minimum atomic E-state index is -0.873. The summed E-state index contributed by atoms with van der Waals surface area (Å²) < 4.78 is 10.2. The van der Waals surface area contributed by atoms with Crippen LogP contribution in [0.3, 0.4) is 0 Å². The van der Waals surface area contributed by atoms with E-state index in [1.807, 2.05) is 30.3 Å². The lowest BCUT2D eigenvalue weighted by Gasteiger charge is -2.31. The van der Waals surface area contributed by atoms with Gasteiger partial charge in [0.05, 0.1) is 6.04 Å². The highest BCUT2D eigenvalue weighted by Gasteiger charge is 2.31. The van der Waals surface area contributed by atoms with Gasteiger partial charge in [-0.3, -0.25) is 14.4 Å². The van der Waals surface area contributed by atoms with E-state index in [1.165, 1.54) is 26.5 Å². The van der Waals surface area contributed by atoms with Crippen LogP contribution in [0.15, 0.2) is 40.3 Å². The van der Waals surface area contributed by atoms with Crippen LogP contribution in [0.25, 0.3) is 0 Å². The van der Waals surface area contributed by atoms with Crippen molar-refractivity contribution >= 4 is 57.3 Å². The third-order valence-corrected chi connectivity index (χ3v) is 9.52. The van der Waals surface area contributed by atoms with Crippen molar-refractivity contribution in [3.8, 4) is 0 Å². The first-order valence-electron chi connectivity index (χ1n) is 14.8. The van der Waals surface area contributed by atoms with Crippen LogP contribution in [0.1, 0.15) is 51.5 Å². The molecule has 0 aromatic heterocycles. The Morgan fingerprint density at radius 2 is 1.57 bits per heavy atom. The lowest BCUT2D eigenvalue weighted by molar-refractivity contribution is -0.146. The van der Waals surface area contributed by atoms with Gasteiger partial charge in [0.25, 0.3) is 0 Å². The summed E-state index contributed by atoms with van der Waals surface area (Å²) in [6.07, 6.45) is 2.66. The van der Waals surface area contributed by atoms with Crippen LogP contribution in [0, 0.1) is 17.8 Å². The molecule has 1 atom stereocenters. The van der Waals surface area contributed by atoms with E-state index < -0.39 is 24.5 Å². The van der Waals surface area contributed by atoms with Gasteiger partial charge in [-0.05, 0) is 49.5 Å². The number of amides is 2. The lowest BCUT2D eigenvalue weighted by atomic mass is 9.76. The Morgan fingerprint density at radius 3 is 2.16 bits per heavy atom. The second-order valence-electron chi connectivity index (χ2n) is 11.1. The number of esters is 1. The first kappa shape index (κ1) is 36.9. The third kappa shape index (κ3) is 14.5. The van der Waals surface area contributed by atoms with Gasteiger partial charge in [0, 0.05) is 31.5 Å². The maximum Gasteiger partial charge on any atom is 0.436 e. The highest BCUT2D eigenvalue weighted by Crippen LogP contribution is 2.33. The van der Waals surface area contributed by atoms with Crippen LogP contribution in [0.4, 0.5) is 4.79 Å². The number of nitrogens with one attached hydrogen (secondary N) is 1. The van der Waals surface area contributed by atoms with Gasteiger partial charge in [-0.15, -0.1) is 4.99 Å². The van der Waals surface area contributed by atoms with Crippen molar-refractivity contribution in [2.24, 2.45) is 39.2 Å². The van der Waals surface area contributed by atoms with Gasteiger partial charge < -0.3 is 31.2 Å². The van der Waals surface area contributed by atoms with Crippen LogP contribution < -0.4 is 16.8 Å². The van der Waals surface area contributed by atoms with E-state index in [0.29, 0.717) is 29.8 Å². The van der Waals surface area contributed by atoms with E-state index in [1.54, 1.807) is 14.1 Å². The Morgan fingerprint density at radius 1 is 0.955 bits per heavy atom. The molecule has 0 radical (unpaired) electrons. The first-order valence-corrected chi connectivity index (χ1v) is 17.2. The molecule has 12 nitrogen and oxygen atoms in total. The number of nitrogens with zero attached hydrogens (tertiary/aromatic N) is 3. The van der Waals surface area contributed by atoms with Gasteiger partial charge in [0.1, 0.15) is 19.6 Å². The van der Waals surface area contributed by atoms with Gasteiger partial charge in [-0.2, -0.15) is 4.99 Å². The number of guanidine groups is 2. The molecule has 1 fully saturated rings. The minimum Gasteiger partial charge on any atom is -0.464 e. The fourth-order valence-electron chi connectivity index (χ4n) is 4.59. The van der Waals surface area contributed by atoms with Gasteiger partial charge in [-0.25, -0.2) is 4.79 Å². The summed E-state index contributed by atoms with van der Waals surface area (Å²) >= 11 is 0. The van der Waals surface area contributed by atoms with Crippen molar-refractivity contribution in [1.82, 2.24) is 10.2 Å². The molecular formula is C30H46N6O6S2. The molecular weight excluding hydrogens is 604 g/mol. The Bertz CT molecular complexity index is 1140. The van der Waals surface area contributed by atoms with Crippen molar-refractivity contribution in [3.05, 3.63) is 35.9 Å². The number of nitrogens with two attached hydrogens (primary N) is 2. The monoisotopic (exact) mass is 650 g/mol. The molecule has 0 spiro atoms. The first-order chi connectivity index (χ1) is 21.0. The molecule has 1 saturated carbocycles. The SMILES string of the molecule is CC(C)C1CCC(C(=O)NC(Cc2ccccc2)C(=O)CC(=O)OCCSSCCOC(=O)/N=C(N)/N=C(\N)N(C)C)CC1. The van der Waals surface area contributed by atoms with E-state index in [4.69, 9.17) is 20.9 Å². The molecule has 14 heteroatoms. The topological polar surface area (TPSA) is 179 Å². The molecule has 0 bridgehead atoms. The molecule has 244 valence electrons. The molecule has 5 N–H and O–H groups in total. The van der Waals surface area contributed by atoms with Crippen LogP contribution in [0.2, 0.25) is 0 Å². The van der Waals surface area contributed by atoms with E-state index in [0.717, 1.165) is 31.2 Å². The van der Waals surface area contributed by atoms with Gasteiger partial charge in [0.2, 0.25) is 11.9 Å². The Hall–Kier alpha value is -3.26. The smallest absolute Gasteiger partial charge is 0.436 e. The minimum absolute atomic E-state index is 0.0993. The molecule has 1 aromatic rings. The number of rotatable bonds is 15. The maximum atomic E-state index is 13.1. The zero-order chi connectivity index (χ0) is 32.5. The van der Waals surface area contributed by atoms with Crippen molar-refractivity contribution in [3.63, 3.8) is 0 Å². The number of Topliss-reactive ketones (excluding diaryl/α,β-unsaturated/α-hetero) is 1. The summed E-state index contributed by atoms with van der Waals surface area (Å²) in [6.45, 7) is 4.65. The molecule has 1 aliphatic rings. The zero-order valence-corrected chi connectivity index (χ0v) is 27.7. The predicted octanol–water partition coefficient (Wildman–Crippen LogP) is 3.39. The number of aliphatic imine (C=N–C) groups is 2. The highest BCUT2D eigenvalue weighted by molar-refractivity contribution is 8.76. The van der Waals surface area contributed by atoms with Gasteiger partial charge in [-0.1, -0.05) is 65.8 Å². The number of hydrogen-bond donors (Lipinski definition) is 3. The number of carbonyl (C=O) groups excluding carboxylic acids is 4. The van der Waals surface area contributed by atoms with Gasteiger partial charge in [0.15, 0.2) is 11.7 Å². The average Bonchev–Trinajstić information content (AvgIpc) is 2.98. The molecule has 1 aliphatic carbocycles. The number of ether oxygens (including phenoxy) is 2. The van der Waals surface area contributed by atoms with E-state index >= 15 is 0 Å². The molecule has 0 heterocycles. The zero-order valence-electron chi connectivity index (χ0n) is 26.0. The van der Waals surface area contributed by atoms with E-state index in [2.05, 4.69) is 29.1 Å². The fourth-order valence-corrected chi connectivity index (χ4v) is 6.24. The Kier molecular flexibility index (Phi) is 16.7. The van der Waals surface area contributed by atoms with Crippen LogP contribution >= 0.6 is 21.6 Å². The number of carbonyl (C=O) groups is 4. The summed E-state index contributed by atoms with van der Waals surface area (Å²) in [4.78, 5) is 59.1. The molecule has 1 unspecified atom stereocenters. The molecule has 0 saturated heterocycles. The molecule has 2 rings (SSSR count). The summed E-state index contributed by atoms with van der Waals surface area (Å²) in [6, 6.07) is 8.64. The number of benzene rings is 1. The van der Waals surface area contributed by atoms with E-state index in [9.17, 15) is 19.2 Å². The Balaban J connectivity index is 1.72. The molecule has 44 heavy (non-hydrogen) atoms. The summed E-state index contributed by atoms with van der Waals surface area (Å²) in [5.41, 5.74) is 12.0. The number of hydrogen-bond acceptors (Lipinski definition) is 8. The normalized spacial score (nSPS) is 17.9. The van der Waals surface area contributed by atoms with Crippen molar-refractivity contribution in [1.29, 1.82) is 0 Å². The second-order valence-corrected chi connectivity index (χ2v) is 13.8. The van der Waals surface area contributed by atoms with Crippen LogP contribution in [-0.4, -0.2) is 85.4 Å². The highest BCUT2D eigenvalue weighted by atomic mass is 33.1. The third-order valence-electron chi connectivity index (χ3n) is 7.19. The quantitative estimate of drug-likeness (QED) is 0.0633. The van der Waals surface area contributed by atoms with Crippen molar-refractivity contribution in [2.45, 2.75) is 58.4 Å². The number of ketones is 1. The molecule has 2 amide bonds. The Labute approximate surface area is 267 Å². The van der Waals surface area contributed by atoms with Crippen molar-refractivity contribution < 1.29 is 28.7 Å². The van der Waals surface area contributed by atoms with Crippen LogP contribution in [0.5, 0.6) is 0 Å². The maximum absolute atomic E-state index is 13.1. The summed E-state index contributed by atoms with van der Waals surface area (Å²) in [5.74, 6) is 0.735. The average molecular weight is 651 g/mol. The predicted molar refractivity (Wildman–Crippen MR) is 176 cm³/mol. The summed E-state index contributed by atoms with van der Waals surface area (Å²) in [5, 5.41) is 2.94. The van der Waals surface area contributed by atoms with Crippen LogP contribution in [-0.2, 0) is 30.3 Å². The summed E-state index contributed by atoms with van der Waals surface area (Å²) in [7, 11) is 6.19. The standard InChI is InChI=1S/C30H46N6O6S2/c1-20(2)22-10-12-23(13-11-22)27(39)33-24(18-21-8-6-5-7-9-21)25(37)19-26(38)41-14-16-43-44-17-15-42-30(40)35-28(31)34-29(32)36(3)4/h5-9,20,22-24H,10-19H2,1-4H3,(H,33,39)(H4,31,32,34,35,40). The largest absolute Gasteiger partial charge is 0.464 e. The second kappa shape index (κ2) is 19.9. The lowest BCUT2D eigenvalue weighted by Crippen LogP contribution is -2.46. The van der Waals surface area contributed by atoms with E-state index in [-0.39, 0.29) is 42.7 Å². The van der Waals surface area contributed by atoms with Gasteiger partial charge >= 0.3 is 12.1 Å². The molecule has 0 aliphatic heterocycles. The van der Waals surface area contributed by atoms with Crippen molar-refractivity contribution in [2.75, 3.05) is 38.8 Å².